The Hall–Kier alpha value is -3.65. The molecule has 3 heterocycles. The fourth-order valence-electron chi connectivity index (χ4n) is 6.66. The molecular weight excluding hydrogens is 524 g/mol. The van der Waals surface area contributed by atoms with Crippen molar-refractivity contribution < 1.29 is 23.9 Å². The van der Waals surface area contributed by atoms with Crippen LogP contribution in [0.5, 0.6) is 0 Å². The van der Waals surface area contributed by atoms with Gasteiger partial charge in [0, 0.05) is 44.8 Å². The Labute approximate surface area is 241 Å². The molecule has 1 saturated carbocycles. The summed E-state index contributed by atoms with van der Waals surface area (Å²) in [5, 5.41) is 12.4. The van der Waals surface area contributed by atoms with E-state index in [0.717, 1.165) is 12.0 Å². The Bertz CT molecular complexity index is 1270. The van der Waals surface area contributed by atoms with Crippen LogP contribution >= 0.6 is 0 Å². The van der Waals surface area contributed by atoms with E-state index in [0.29, 0.717) is 30.9 Å². The van der Waals surface area contributed by atoms with Crippen molar-refractivity contribution in [1.82, 2.24) is 24.9 Å². The summed E-state index contributed by atoms with van der Waals surface area (Å²) in [7, 11) is 3.42. The number of hydrogen-bond donors (Lipinski definition) is 1. The van der Waals surface area contributed by atoms with Crippen LogP contribution < -0.4 is 5.32 Å². The molecular formula is C30H40N6O5. The predicted octanol–water partition coefficient (Wildman–Crippen LogP) is 2.14. The van der Waals surface area contributed by atoms with E-state index >= 15 is 0 Å². The van der Waals surface area contributed by atoms with Gasteiger partial charge in [0.2, 0.25) is 11.8 Å². The lowest BCUT2D eigenvalue weighted by atomic mass is 10.0. The van der Waals surface area contributed by atoms with Gasteiger partial charge in [0.15, 0.2) is 0 Å². The van der Waals surface area contributed by atoms with Crippen molar-refractivity contribution in [3.63, 3.8) is 0 Å². The van der Waals surface area contributed by atoms with Crippen molar-refractivity contribution in [2.24, 2.45) is 5.92 Å². The van der Waals surface area contributed by atoms with E-state index in [1.807, 2.05) is 28.9 Å². The highest BCUT2D eigenvalue weighted by molar-refractivity contribution is 5.94. The van der Waals surface area contributed by atoms with Crippen molar-refractivity contribution >= 4 is 23.8 Å². The Morgan fingerprint density at radius 3 is 2.41 bits per heavy atom. The number of nitrogens with zero attached hydrogens (tertiary/aromatic N) is 5. The first-order valence-electron chi connectivity index (χ1n) is 14.4. The average Bonchev–Trinajstić information content (AvgIpc) is 3.23. The minimum Gasteiger partial charge on any atom is -0.444 e. The van der Waals surface area contributed by atoms with E-state index < -0.39 is 29.8 Å². The molecule has 1 aromatic rings. The zero-order chi connectivity index (χ0) is 29.8. The fraction of sp³-hybridized carbons (Fsp3) is 0.633. The van der Waals surface area contributed by atoms with E-state index in [1.165, 1.54) is 4.90 Å². The largest absolute Gasteiger partial charge is 0.444 e. The van der Waals surface area contributed by atoms with Crippen molar-refractivity contribution in [1.29, 1.82) is 5.26 Å². The summed E-state index contributed by atoms with van der Waals surface area (Å²) in [5.41, 5.74) is 0.802. The molecule has 4 amide bonds. The third kappa shape index (κ3) is 5.62. The summed E-state index contributed by atoms with van der Waals surface area (Å²) in [4.78, 5) is 59.4. The third-order valence-electron chi connectivity index (χ3n) is 8.69. The molecule has 41 heavy (non-hydrogen) atoms. The number of alkyl carbamates (subject to hydrolysis) is 1. The van der Waals surface area contributed by atoms with Crippen LogP contribution in [0.2, 0.25) is 0 Å². The normalized spacial score (nSPS) is 28.1. The molecule has 1 aliphatic carbocycles. The van der Waals surface area contributed by atoms with E-state index in [4.69, 9.17) is 4.74 Å². The lowest BCUT2D eigenvalue weighted by molar-refractivity contribution is -0.141. The molecule has 0 aromatic heterocycles. The number of benzene rings is 1. The maximum Gasteiger partial charge on any atom is 0.408 e. The number of piperazine rings is 1. The Morgan fingerprint density at radius 2 is 1.83 bits per heavy atom. The van der Waals surface area contributed by atoms with Gasteiger partial charge in [0.25, 0.3) is 5.91 Å². The molecule has 0 radical (unpaired) electrons. The van der Waals surface area contributed by atoms with Gasteiger partial charge >= 0.3 is 6.09 Å². The molecule has 5 rings (SSSR count). The van der Waals surface area contributed by atoms with Crippen molar-refractivity contribution in [2.75, 3.05) is 27.2 Å². The summed E-state index contributed by atoms with van der Waals surface area (Å²) < 4.78 is 5.45. The Kier molecular flexibility index (Phi) is 7.49. The monoisotopic (exact) mass is 564 g/mol. The number of nitrogens with one attached hydrogen (secondary N) is 1. The molecule has 1 N–H and O–H groups in total. The van der Waals surface area contributed by atoms with Gasteiger partial charge in [-0.15, -0.1) is 0 Å². The van der Waals surface area contributed by atoms with Gasteiger partial charge < -0.3 is 24.8 Å². The molecule has 0 spiro atoms. The minimum absolute atomic E-state index is 0.0102. The van der Waals surface area contributed by atoms with Crippen LogP contribution in [0.3, 0.4) is 0 Å². The van der Waals surface area contributed by atoms with Crippen LogP contribution in [-0.2, 0) is 14.3 Å². The molecule has 1 aromatic carbocycles. The quantitative estimate of drug-likeness (QED) is 0.538. The van der Waals surface area contributed by atoms with Gasteiger partial charge in [-0.2, -0.15) is 5.26 Å². The SMILES string of the molecule is C[C@@H](c1ccc(C(=O)N(C)C)cc1)N1C(=O)[C@@H]2C[C@H]1CN2C[C@H](NC(=O)OC(C)(C)C)C(=O)N1[C@H](C#N)C[C@@H]2C[C@@H]21. The molecule has 2 bridgehead atoms. The average molecular weight is 565 g/mol. The van der Waals surface area contributed by atoms with Crippen LogP contribution in [0.15, 0.2) is 24.3 Å². The zero-order valence-corrected chi connectivity index (χ0v) is 24.7. The van der Waals surface area contributed by atoms with Crippen LogP contribution in [0.25, 0.3) is 0 Å². The summed E-state index contributed by atoms with van der Waals surface area (Å²) in [6, 6.07) is 7.62. The lowest BCUT2D eigenvalue weighted by Gasteiger charge is -2.39. The van der Waals surface area contributed by atoms with Gasteiger partial charge in [0.05, 0.1) is 18.2 Å². The van der Waals surface area contributed by atoms with E-state index in [2.05, 4.69) is 11.4 Å². The number of likely N-dealkylation sites (tertiary alicyclic amines) is 3. The topological polar surface area (TPSA) is 126 Å². The number of rotatable bonds is 7. The second kappa shape index (κ2) is 10.6. The van der Waals surface area contributed by atoms with Crippen LogP contribution in [0.1, 0.15) is 68.9 Å². The highest BCUT2D eigenvalue weighted by Crippen LogP contribution is 2.48. The number of hydrogen-bond acceptors (Lipinski definition) is 7. The number of carbonyl (C=O) groups is 4. The summed E-state index contributed by atoms with van der Waals surface area (Å²) in [5.74, 6) is -0.0306. The molecule has 4 fully saturated rings. The lowest BCUT2D eigenvalue weighted by Crippen LogP contribution is -2.59. The van der Waals surface area contributed by atoms with Crippen LogP contribution in [-0.4, -0.2) is 106 Å². The number of fused-ring (bicyclic) bond motifs is 3. The molecule has 0 unspecified atom stereocenters. The zero-order valence-electron chi connectivity index (χ0n) is 24.7. The fourth-order valence-corrected chi connectivity index (χ4v) is 6.66. The molecule has 220 valence electrons. The van der Waals surface area contributed by atoms with Crippen LogP contribution in [0.4, 0.5) is 4.79 Å². The summed E-state index contributed by atoms with van der Waals surface area (Å²) in [6.07, 6.45) is 1.49. The molecule has 3 saturated heterocycles. The van der Waals surface area contributed by atoms with Crippen molar-refractivity contribution in [2.45, 2.75) is 88.8 Å². The molecule has 11 heteroatoms. The summed E-state index contributed by atoms with van der Waals surface area (Å²) in [6.45, 7) is 8.00. The third-order valence-corrected chi connectivity index (χ3v) is 8.69. The Balaban J connectivity index is 1.28. The maximum atomic E-state index is 13.8. The predicted molar refractivity (Wildman–Crippen MR) is 149 cm³/mol. The van der Waals surface area contributed by atoms with Gasteiger partial charge in [-0.25, -0.2) is 4.79 Å². The second-order valence-electron chi connectivity index (χ2n) is 13.0. The minimum atomic E-state index is -0.931. The number of nitriles is 1. The first-order valence-corrected chi connectivity index (χ1v) is 14.4. The van der Waals surface area contributed by atoms with Gasteiger partial charge in [-0.1, -0.05) is 12.1 Å². The number of carbonyl (C=O) groups excluding carboxylic acids is 4. The molecule has 3 aliphatic heterocycles. The molecule has 7 atom stereocenters. The van der Waals surface area contributed by atoms with Gasteiger partial charge in [-0.05, 0) is 70.6 Å². The standard InChI is InChI=1S/C30H40N6O5/c1-17(18-7-9-19(10-8-18)26(37)33(5)6)35-22-13-25(28(35)39)34(15-22)16-23(32-29(40)41-30(2,3)4)27(38)36-21(14-31)11-20-12-24(20)36/h7-10,17,20-25H,11-13,15-16H2,1-6H3,(H,32,40)/t17-,20+,21-,22-,23-,24-,25-/m0/s1. The number of ether oxygens (including phenoxy) is 1. The van der Waals surface area contributed by atoms with Crippen molar-refractivity contribution in [3.8, 4) is 6.07 Å². The van der Waals surface area contributed by atoms with Gasteiger partial charge in [-0.3, -0.25) is 19.3 Å². The number of amides is 4. The second-order valence-corrected chi connectivity index (χ2v) is 13.0. The van der Waals surface area contributed by atoms with Crippen LogP contribution in [0, 0.1) is 17.2 Å². The van der Waals surface area contributed by atoms with Crippen molar-refractivity contribution in [3.05, 3.63) is 35.4 Å². The van der Waals surface area contributed by atoms with E-state index in [-0.39, 0.29) is 42.4 Å². The Morgan fingerprint density at radius 1 is 1.15 bits per heavy atom. The molecule has 4 aliphatic rings. The van der Waals surface area contributed by atoms with E-state index in [9.17, 15) is 24.4 Å². The smallest absolute Gasteiger partial charge is 0.408 e. The maximum absolute atomic E-state index is 13.8. The number of piperidine rings is 1. The highest BCUT2D eigenvalue weighted by atomic mass is 16.6. The first kappa shape index (κ1) is 28.9. The molecule has 11 nitrogen and oxygen atoms in total. The van der Waals surface area contributed by atoms with Gasteiger partial charge in [0.1, 0.15) is 17.7 Å². The highest BCUT2D eigenvalue weighted by Gasteiger charge is 2.56. The first-order chi connectivity index (χ1) is 19.3. The van der Waals surface area contributed by atoms with E-state index in [1.54, 1.807) is 51.9 Å². The summed E-state index contributed by atoms with van der Waals surface area (Å²) >= 11 is 0.